The Morgan fingerprint density at radius 1 is 0.970 bits per heavy atom. The normalized spacial score (nSPS) is 17.3. The fourth-order valence-electron chi connectivity index (χ4n) is 4.24. The van der Waals surface area contributed by atoms with Gasteiger partial charge >= 0.3 is 0 Å². The number of aliphatic hydroxyl groups excluding tert-OH is 1. The van der Waals surface area contributed by atoms with Crippen molar-refractivity contribution in [1.82, 2.24) is 4.98 Å². The third-order valence-corrected chi connectivity index (χ3v) is 5.74. The number of ether oxygens (including phenoxy) is 2. The van der Waals surface area contributed by atoms with E-state index in [-0.39, 0.29) is 16.9 Å². The second-order valence-corrected chi connectivity index (χ2v) is 7.78. The van der Waals surface area contributed by atoms with Gasteiger partial charge in [0.2, 0.25) is 0 Å². The molecule has 3 aromatic rings. The largest absolute Gasteiger partial charge is 0.506 e. The smallest absolute Gasteiger partial charge is 0.300 e. The summed E-state index contributed by atoms with van der Waals surface area (Å²) in [7, 11) is 2.92. The van der Waals surface area contributed by atoms with E-state index in [2.05, 4.69) is 4.98 Å². The van der Waals surface area contributed by atoms with Crippen LogP contribution in [-0.2, 0) is 9.59 Å². The summed E-state index contributed by atoms with van der Waals surface area (Å²) in [5.41, 5.74) is 3.27. The molecule has 2 aromatic carbocycles. The quantitative estimate of drug-likeness (QED) is 0.358. The van der Waals surface area contributed by atoms with Crippen molar-refractivity contribution in [2.75, 3.05) is 19.1 Å². The number of carbonyl (C=O) groups excluding carboxylic acids is 2. The molecule has 0 radical (unpaired) electrons. The van der Waals surface area contributed by atoms with Crippen molar-refractivity contribution in [2.45, 2.75) is 19.9 Å². The molecule has 0 bridgehead atoms. The van der Waals surface area contributed by atoms with Crippen LogP contribution in [-0.4, -0.2) is 36.0 Å². The average molecular weight is 444 g/mol. The zero-order valence-corrected chi connectivity index (χ0v) is 18.8. The van der Waals surface area contributed by atoms with Crippen molar-refractivity contribution >= 4 is 23.1 Å². The molecule has 0 aliphatic carbocycles. The van der Waals surface area contributed by atoms with Crippen LogP contribution in [0.5, 0.6) is 11.5 Å². The number of amides is 1. The van der Waals surface area contributed by atoms with Crippen LogP contribution in [0.4, 0.5) is 5.69 Å². The molecule has 1 fully saturated rings. The van der Waals surface area contributed by atoms with Crippen molar-refractivity contribution in [2.24, 2.45) is 0 Å². The number of nitrogens with zero attached hydrogens (tertiary/aromatic N) is 2. The number of aryl methyl sites for hydroxylation is 2. The van der Waals surface area contributed by atoms with Crippen molar-refractivity contribution in [1.29, 1.82) is 0 Å². The summed E-state index contributed by atoms with van der Waals surface area (Å²) in [5, 5.41) is 11.4. The Kier molecular flexibility index (Phi) is 5.87. The Hall–Kier alpha value is -4.13. The predicted molar refractivity (Wildman–Crippen MR) is 124 cm³/mol. The molecule has 33 heavy (non-hydrogen) atoms. The summed E-state index contributed by atoms with van der Waals surface area (Å²) in [6, 6.07) is 13.2. The summed E-state index contributed by atoms with van der Waals surface area (Å²) in [6.45, 7) is 3.84. The molecule has 1 atom stereocenters. The number of benzene rings is 2. The number of aliphatic hydroxyl groups is 1. The average Bonchev–Trinajstić information content (AvgIpc) is 3.09. The number of ketones is 1. The number of pyridine rings is 1. The van der Waals surface area contributed by atoms with Crippen LogP contribution in [0.2, 0.25) is 0 Å². The number of anilines is 1. The standard InChI is InChI=1S/C26H24N2O5/c1-15-8-9-18(16(2)14-15)28-23(17-10-12-27-13-11-17)22(25(30)26(28)31)24(29)21-19(32-3)6-5-7-20(21)33-4/h5-14,23,29H,1-4H3/b24-22+. The second kappa shape index (κ2) is 8.78. The molecule has 0 saturated carbocycles. The minimum Gasteiger partial charge on any atom is -0.506 e. The Labute approximate surface area is 191 Å². The van der Waals surface area contributed by atoms with E-state index < -0.39 is 17.7 Å². The highest BCUT2D eigenvalue weighted by Gasteiger charge is 2.47. The molecule has 2 heterocycles. The lowest BCUT2D eigenvalue weighted by molar-refractivity contribution is -0.132. The molecule has 168 valence electrons. The monoisotopic (exact) mass is 444 g/mol. The maximum Gasteiger partial charge on any atom is 0.300 e. The molecule has 7 heteroatoms. The van der Waals surface area contributed by atoms with Gasteiger partial charge in [0.15, 0.2) is 0 Å². The number of Topliss-reactive ketones (excluding diaryl/α,β-unsaturated/α-hetero) is 1. The highest BCUT2D eigenvalue weighted by atomic mass is 16.5. The summed E-state index contributed by atoms with van der Waals surface area (Å²) in [6.07, 6.45) is 3.17. The van der Waals surface area contributed by atoms with Gasteiger partial charge in [-0.25, -0.2) is 0 Å². The highest BCUT2D eigenvalue weighted by molar-refractivity contribution is 6.51. The van der Waals surface area contributed by atoms with Crippen LogP contribution in [0.1, 0.15) is 28.3 Å². The fraction of sp³-hybridized carbons (Fsp3) is 0.192. The lowest BCUT2D eigenvalue weighted by Crippen LogP contribution is -2.30. The minimum atomic E-state index is -0.857. The van der Waals surface area contributed by atoms with E-state index in [9.17, 15) is 14.7 Å². The first-order valence-corrected chi connectivity index (χ1v) is 10.4. The lowest BCUT2D eigenvalue weighted by atomic mass is 9.95. The Morgan fingerprint density at radius 2 is 1.61 bits per heavy atom. The van der Waals surface area contributed by atoms with E-state index in [1.165, 1.54) is 19.1 Å². The maximum absolute atomic E-state index is 13.4. The highest BCUT2D eigenvalue weighted by Crippen LogP contribution is 2.45. The Bertz CT molecular complexity index is 1240. The van der Waals surface area contributed by atoms with E-state index in [0.29, 0.717) is 22.7 Å². The van der Waals surface area contributed by atoms with E-state index in [4.69, 9.17) is 9.47 Å². The van der Waals surface area contributed by atoms with Gasteiger partial charge in [-0.05, 0) is 55.3 Å². The van der Waals surface area contributed by atoms with Crippen molar-refractivity contribution < 1.29 is 24.2 Å². The zero-order valence-electron chi connectivity index (χ0n) is 18.8. The van der Waals surface area contributed by atoms with Gasteiger partial charge in [-0.2, -0.15) is 0 Å². The first kappa shape index (κ1) is 22.1. The number of aromatic nitrogens is 1. The molecule has 1 aromatic heterocycles. The first-order chi connectivity index (χ1) is 15.9. The topological polar surface area (TPSA) is 89.0 Å². The molecular formula is C26H24N2O5. The van der Waals surface area contributed by atoms with Gasteiger partial charge in [0.25, 0.3) is 11.7 Å². The van der Waals surface area contributed by atoms with E-state index in [1.54, 1.807) is 42.7 Å². The Balaban J connectivity index is 2.02. The molecule has 7 nitrogen and oxygen atoms in total. The van der Waals surface area contributed by atoms with Gasteiger partial charge in [0.05, 0.1) is 25.8 Å². The summed E-state index contributed by atoms with van der Waals surface area (Å²) >= 11 is 0. The van der Waals surface area contributed by atoms with Crippen LogP contribution >= 0.6 is 0 Å². The van der Waals surface area contributed by atoms with Crippen LogP contribution < -0.4 is 14.4 Å². The van der Waals surface area contributed by atoms with Crippen LogP contribution in [0.15, 0.2) is 66.5 Å². The number of rotatable bonds is 5. The summed E-state index contributed by atoms with van der Waals surface area (Å²) in [5.74, 6) is -1.24. The molecule has 1 N–H and O–H groups in total. The van der Waals surface area contributed by atoms with Crippen LogP contribution in [0, 0.1) is 13.8 Å². The first-order valence-electron chi connectivity index (χ1n) is 10.4. The van der Waals surface area contributed by atoms with E-state index in [1.807, 2.05) is 32.0 Å². The number of hydrogen-bond acceptors (Lipinski definition) is 6. The van der Waals surface area contributed by atoms with Crippen molar-refractivity contribution in [3.8, 4) is 11.5 Å². The van der Waals surface area contributed by atoms with Gasteiger partial charge in [-0.1, -0.05) is 23.8 Å². The van der Waals surface area contributed by atoms with Gasteiger partial charge < -0.3 is 14.6 Å². The summed E-state index contributed by atoms with van der Waals surface area (Å²) in [4.78, 5) is 32.2. The number of carbonyl (C=O) groups is 2. The molecule has 1 aliphatic heterocycles. The maximum atomic E-state index is 13.4. The molecule has 1 amide bonds. The molecular weight excluding hydrogens is 420 g/mol. The SMILES string of the molecule is COc1cccc(OC)c1/C(O)=C1\C(=O)C(=O)N(c2ccc(C)cc2C)C1c1ccncc1. The molecule has 4 rings (SSSR count). The molecule has 1 aliphatic rings. The third-order valence-electron chi connectivity index (χ3n) is 5.74. The third kappa shape index (κ3) is 3.71. The molecule has 0 spiro atoms. The molecule has 1 saturated heterocycles. The zero-order chi connectivity index (χ0) is 23.7. The lowest BCUT2D eigenvalue weighted by Gasteiger charge is -2.27. The van der Waals surface area contributed by atoms with Gasteiger partial charge in [0, 0.05) is 18.1 Å². The number of methoxy groups -OCH3 is 2. The van der Waals surface area contributed by atoms with E-state index >= 15 is 0 Å². The second-order valence-electron chi connectivity index (χ2n) is 7.78. The van der Waals surface area contributed by atoms with E-state index in [0.717, 1.165) is 11.1 Å². The molecule has 1 unspecified atom stereocenters. The van der Waals surface area contributed by atoms with Crippen molar-refractivity contribution in [3.05, 3.63) is 88.8 Å². The Morgan fingerprint density at radius 3 is 2.18 bits per heavy atom. The van der Waals surface area contributed by atoms with Gasteiger partial charge in [-0.3, -0.25) is 19.5 Å². The predicted octanol–water partition coefficient (Wildman–Crippen LogP) is 4.34. The van der Waals surface area contributed by atoms with Crippen LogP contribution in [0.3, 0.4) is 0 Å². The van der Waals surface area contributed by atoms with Gasteiger partial charge in [0.1, 0.15) is 22.8 Å². The summed E-state index contributed by atoms with van der Waals surface area (Å²) < 4.78 is 10.8. The fourth-order valence-corrected chi connectivity index (χ4v) is 4.24. The van der Waals surface area contributed by atoms with Crippen LogP contribution in [0.25, 0.3) is 5.76 Å². The van der Waals surface area contributed by atoms with Gasteiger partial charge in [-0.15, -0.1) is 0 Å². The minimum absolute atomic E-state index is 0.0472. The van der Waals surface area contributed by atoms with Crippen molar-refractivity contribution in [3.63, 3.8) is 0 Å². The number of hydrogen-bond donors (Lipinski definition) is 1.